The second kappa shape index (κ2) is 6.56. The number of nitrogens with one attached hydrogen (secondary N) is 2. The summed E-state index contributed by atoms with van der Waals surface area (Å²) in [6, 6.07) is 12.3. The van der Waals surface area contributed by atoms with E-state index in [4.69, 9.17) is 23.2 Å². The summed E-state index contributed by atoms with van der Waals surface area (Å²) in [5, 5.41) is 4.34. The van der Waals surface area contributed by atoms with Gasteiger partial charge in [-0.05, 0) is 42.0 Å². The predicted molar refractivity (Wildman–Crippen MR) is 88.7 cm³/mol. The van der Waals surface area contributed by atoms with Crippen molar-refractivity contribution in [3.05, 3.63) is 58.1 Å². The van der Waals surface area contributed by atoms with Crippen molar-refractivity contribution < 1.29 is 8.42 Å². The third-order valence-corrected chi connectivity index (χ3v) is 3.63. The zero-order chi connectivity index (χ0) is 15.5. The quantitative estimate of drug-likeness (QED) is 0.862. The fraction of sp³-hybridized carbons (Fsp3) is 0.143. The summed E-state index contributed by atoms with van der Waals surface area (Å²) < 4.78 is 24.8. The van der Waals surface area contributed by atoms with Crippen LogP contribution >= 0.6 is 23.2 Å². The van der Waals surface area contributed by atoms with E-state index in [0.29, 0.717) is 22.3 Å². The molecule has 0 fully saturated rings. The lowest BCUT2D eigenvalue weighted by atomic mass is 10.2. The SMILES string of the molecule is CS(=O)(=O)Nc1cccc(NCc2cc(Cl)cc(Cl)c2)c1. The summed E-state index contributed by atoms with van der Waals surface area (Å²) in [6.07, 6.45) is 1.11. The third kappa shape index (κ3) is 5.46. The zero-order valence-corrected chi connectivity index (χ0v) is 13.6. The molecule has 0 bridgehead atoms. The minimum absolute atomic E-state index is 0.506. The van der Waals surface area contributed by atoms with Crippen LogP contribution in [0.4, 0.5) is 11.4 Å². The van der Waals surface area contributed by atoms with Gasteiger partial charge in [-0.2, -0.15) is 0 Å². The van der Waals surface area contributed by atoms with Crippen molar-refractivity contribution in [3.8, 4) is 0 Å². The van der Waals surface area contributed by atoms with Gasteiger partial charge in [0.1, 0.15) is 0 Å². The predicted octanol–water partition coefficient (Wildman–Crippen LogP) is 3.98. The Labute approximate surface area is 134 Å². The van der Waals surface area contributed by atoms with E-state index in [0.717, 1.165) is 17.5 Å². The van der Waals surface area contributed by atoms with Crippen molar-refractivity contribution in [1.82, 2.24) is 0 Å². The molecule has 21 heavy (non-hydrogen) atoms. The minimum Gasteiger partial charge on any atom is -0.381 e. The molecule has 0 unspecified atom stereocenters. The summed E-state index contributed by atoms with van der Waals surface area (Å²) in [5.41, 5.74) is 2.24. The maximum Gasteiger partial charge on any atom is 0.229 e. The van der Waals surface area contributed by atoms with E-state index in [1.54, 1.807) is 24.3 Å². The molecule has 0 radical (unpaired) electrons. The van der Waals surface area contributed by atoms with Crippen LogP contribution in [0.1, 0.15) is 5.56 Å². The lowest BCUT2D eigenvalue weighted by molar-refractivity contribution is 0.607. The highest BCUT2D eigenvalue weighted by atomic mass is 35.5. The maximum absolute atomic E-state index is 11.2. The molecule has 0 aliphatic heterocycles. The summed E-state index contributed by atoms with van der Waals surface area (Å²) in [7, 11) is -3.28. The highest BCUT2D eigenvalue weighted by Gasteiger charge is 2.03. The Morgan fingerprint density at radius 2 is 1.62 bits per heavy atom. The first-order chi connectivity index (χ1) is 9.82. The number of halogens is 2. The fourth-order valence-electron chi connectivity index (χ4n) is 1.82. The first-order valence-electron chi connectivity index (χ1n) is 6.08. The van der Waals surface area contributed by atoms with Gasteiger partial charge in [-0.15, -0.1) is 0 Å². The van der Waals surface area contributed by atoms with Gasteiger partial charge in [-0.25, -0.2) is 8.42 Å². The molecule has 0 aliphatic carbocycles. The Balaban J connectivity index is 2.08. The molecule has 4 nitrogen and oxygen atoms in total. The number of hydrogen-bond acceptors (Lipinski definition) is 3. The smallest absolute Gasteiger partial charge is 0.229 e. The molecule has 7 heteroatoms. The number of sulfonamides is 1. The van der Waals surface area contributed by atoms with Gasteiger partial charge in [0.25, 0.3) is 0 Å². The highest BCUT2D eigenvalue weighted by Crippen LogP contribution is 2.21. The Kier molecular flexibility index (Phi) is 4.98. The molecule has 0 atom stereocenters. The largest absolute Gasteiger partial charge is 0.381 e. The normalized spacial score (nSPS) is 11.2. The van der Waals surface area contributed by atoms with E-state index >= 15 is 0 Å². The first kappa shape index (κ1) is 15.9. The topological polar surface area (TPSA) is 58.2 Å². The molecular weight excluding hydrogens is 331 g/mol. The van der Waals surface area contributed by atoms with Gasteiger partial charge in [0.15, 0.2) is 0 Å². The standard InChI is InChI=1S/C14H14Cl2N2O2S/c1-21(19,20)18-14-4-2-3-13(8-14)17-9-10-5-11(15)7-12(16)6-10/h2-8,17-18H,9H2,1H3. The van der Waals surface area contributed by atoms with E-state index in [9.17, 15) is 8.42 Å². The van der Waals surface area contributed by atoms with E-state index in [2.05, 4.69) is 10.0 Å². The second-order valence-electron chi connectivity index (χ2n) is 4.59. The van der Waals surface area contributed by atoms with Gasteiger partial charge in [0, 0.05) is 22.3 Å². The lowest BCUT2D eigenvalue weighted by Crippen LogP contribution is -2.09. The van der Waals surface area contributed by atoms with Gasteiger partial charge in [0.05, 0.1) is 11.9 Å². The first-order valence-corrected chi connectivity index (χ1v) is 8.73. The molecule has 112 valence electrons. The highest BCUT2D eigenvalue weighted by molar-refractivity contribution is 7.92. The summed E-state index contributed by atoms with van der Waals surface area (Å²) in [4.78, 5) is 0. The Morgan fingerprint density at radius 1 is 1.00 bits per heavy atom. The monoisotopic (exact) mass is 344 g/mol. The van der Waals surface area contributed by atoms with E-state index in [1.165, 1.54) is 0 Å². The molecule has 0 aliphatic rings. The Morgan fingerprint density at radius 3 is 2.24 bits per heavy atom. The fourth-order valence-corrected chi connectivity index (χ4v) is 2.95. The number of hydrogen-bond donors (Lipinski definition) is 2. The lowest BCUT2D eigenvalue weighted by Gasteiger charge is -2.10. The van der Waals surface area contributed by atoms with Gasteiger partial charge in [0.2, 0.25) is 10.0 Å². The van der Waals surface area contributed by atoms with E-state index in [1.807, 2.05) is 18.2 Å². The van der Waals surface area contributed by atoms with Crippen LogP contribution in [0.3, 0.4) is 0 Å². The molecule has 0 spiro atoms. The van der Waals surface area contributed by atoms with Gasteiger partial charge in [-0.3, -0.25) is 4.72 Å². The van der Waals surface area contributed by atoms with Crippen molar-refractivity contribution in [2.75, 3.05) is 16.3 Å². The van der Waals surface area contributed by atoms with Gasteiger partial charge >= 0.3 is 0 Å². The number of anilines is 2. The minimum atomic E-state index is -3.28. The molecular formula is C14H14Cl2N2O2S. The molecule has 0 saturated heterocycles. The van der Waals surface area contributed by atoms with Crippen LogP contribution in [-0.2, 0) is 16.6 Å². The Bertz CT molecular complexity index is 728. The zero-order valence-electron chi connectivity index (χ0n) is 11.2. The molecule has 2 aromatic rings. The second-order valence-corrected chi connectivity index (χ2v) is 7.21. The van der Waals surface area contributed by atoms with Crippen LogP contribution in [0.2, 0.25) is 10.0 Å². The molecule has 0 saturated carbocycles. The number of rotatable bonds is 5. The summed E-state index contributed by atoms with van der Waals surface area (Å²) >= 11 is 11.9. The number of benzene rings is 2. The molecule has 0 amide bonds. The molecule has 2 rings (SSSR count). The van der Waals surface area contributed by atoms with Gasteiger partial charge in [-0.1, -0.05) is 29.3 Å². The van der Waals surface area contributed by atoms with Crippen molar-refractivity contribution in [3.63, 3.8) is 0 Å². The third-order valence-electron chi connectivity index (χ3n) is 2.58. The van der Waals surface area contributed by atoms with Crippen molar-refractivity contribution >= 4 is 44.6 Å². The molecule has 0 heterocycles. The molecule has 2 aromatic carbocycles. The van der Waals surface area contributed by atoms with Crippen LogP contribution in [-0.4, -0.2) is 14.7 Å². The van der Waals surface area contributed by atoms with Crippen molar-refractivity contribution in [2.45, 2.75) is 6.54 Å². The van der Waals surface area contributed by atoms with E-state index < -0.39 is 10.0 Å². The van der Waals surface area contributed by atoms with Crippen LogP contribution in [0.5, 0.6) is 0 Å². The van der Waals surface area contributed by atoms with E-state index in [-0.39, 0.29) is 0 Å². The van der Waals surface area contributed by atoms with Crippen LogP contribution < -0.4 is 10.0 Å². The molecule has 2 N–H and O–H groups in total. The molecule has 0 aromatic heterocycles. The van der Waals surface area contributed by atoms with Crippen molar-refractivity contribution in [1.29, 1.82) is 0 Å². The van der Waals surface area contributed by atoms with Crippen molar-refractivity contribution in [2.24, 2.45) is 0 Å². The van der Waals surface area contributed by atoms with Crippen LogP contribution in [0.25, 0.3) is 0 Å². The maximum atomic E-state index is 11.2. The Hall–Kier alpha value is -1.43. The average Bonchev–Trinajstić information content (AvgIpc) is 2.33. The van der Waals surface area contributed by atoms with Crippen LogP contribution in [0, 0.1) is 0 Å². The summed E-state index contributed by atoms with van der Waals surface area (Å²) in [5.74, 6) is 0. The van der Waals surface area contributed by atoms with Gasteiger partial charge < -0.3 is 5.32 Å². The summed E-state index contributed by atoms with van der Waals surface area (Å²) in [6.45, 7) is 0.530. The average molecular weight is 345 g/mol. The van der Waals surface area contributed by atoms with Crippen LogP contribution in [0.15, 0.2) is 42.5 Å².